The van der Waals surface area contributed by atoms with Crippen LogP contribution in [-0.4, -0.2) is 26.0 Å². The van der Waals surface area contributed by atoms with Crippen LogP contribution in [0.2, 0.25) is 0 Å². The first-order chi connectivity index (χ1) is 7.84. The Morgan fingerprint density at radius 1 is 1.31 bits per heavy atom. The van der Waals surface area contributed by atoms with Crippen LogP contribution in [-0.2, 0) is 16.0 Å². The smallest absolute Gasteiger partial charge is 0.147 e. The molecule has 1 N–H and O–H groups in total. The Morgan fingerprint density at radius 3 is 2.81 bits per heavy atom. The van der Waals surface area contributed by atoms with Crippen LogP contribution < -0.4 is 5.32 Å². The van der Waals surface area contributed by atoms with Gasteiger partial charge in [0.05, 0.1) is 12.7 Å². The zero-order valence-electron chi connectivity index (χ0n) is 9.12. The van der Waals surface area contributed by atoms with Gasteiger partial charge in [-0.2, -0.15) is 0 Å². The lowest BCUT2D eigenvalue weighted by molar-refractivity contribution is -0.137. The number of halogens is 1. The van der Waals surface area contributed by atoms with E-state index in [0.29, 0.717) is 12.9 Å². The maximum atomic E-state index is 5.44. The Hall–Kier alpha value is -0.420. The molecule has 16 heavy (non-hydrogen) atoms. The summed E-state index contributed by atoms with van der Waals surface area (Å²) >= 11 is 3.42. The molecule has 0 aromatic heterocycles. The average Bonchev–Trinajstić information content (AvgIpc) is 2.33. The second kappa shape index (κ2) is 6.35. The number of ether oxygens (including phenoxy) is 2. The first-order valence-electron chi connectivity index (χ1n) is 5.49. The molecular formula is C12H16BrNO2. The number of hydrogen-bond acceptors (Lipinski definition) is 3. The van der Waals surface area contributed by atoms with Crippen molar-refractivity contribution in [2.45, 2.75) is 19.1 Å². The number of rotatable bonds is 4. The molecule has 1 heterocycles. The molecule has 1 aliphatic heterocycles. The third kappa shape index (κ3) is 3.87. The maximum Gasteiger partial charge on any atom is 0.147 e. The molecular weight excluding hydrogens is 270 g/mol. The van der Waals surface area contributed by atoms with Crippen molar-refractivity contribution in [1.82, 2.24) is 5.32 Å². The number of benzene rings is 1. The molecule has 2 rings (SSSR count). The van der Waals surface area contributed by atoms with Gasteiger partial charge in [0.2, 0.25) is 0 Å². The summed E-state index contributed by atoms with van der Waals surface area (Å²) in [6.45, 7) is 3.02. The third-order valence-electron chi connectivity index (χ3n) is 2.59. The first-order valence-corrected chi connectivity index (χ1v) is 6.28. The second-order valence-corrected chi connectivity index (χ2v) is 4.78. The van der Waals surface area contributed by atoms with Crippen LogP contribution in [0.1, 0.15) is 12.0 Å². The van der Waals surface area contributed by atoms with Crippen LogP contribution in [0.15, 0.2) is 28.7 Å². The van der Waals surface area contributed by atoms with E-state index in [2.05, 4.69) is 45.5 Å². The highest BCUT2D eigenvalue weighted by molar-refractivity contribution is 9.10. The molecule has 3 nitrogen and oxygen atoms in total. The van der Waals surface area contributed by atoms with Gasteiger partial charge in [0, 0.05) is 17.6 Å². The van der Waals surface area contributed by atoms with E-state index in [1.54, 1.807) is 0 Å². The van der Waals surface area contributed by atoms with Crippen molar-refractivity contribution in [1.29, 1.82) is 0 Å². The molecule has 0 radical (unpaired) electrons. The summed E-state index contributed by atoms with van der Waals surface area (Å²) in [5, 5.41) is 3.39. The molecule has 1 fully saturated rings. The standard InChI is InChI=1S/C12H16BrNO2/c13-11-3-1-10(2-4-11)7-14-8-12-5-6-15-9-16-12/h1-4,12,14H,5-9H2. The van der Waals surface area contributed by atoms with E-state index in [0.717, 1.165) is 30.6 Å². The lowest BCUT2D eigenvalue weighted by Crippen LogP contribution is -2.33. The molecule has 1 unspecified atom stereocenters. The molecule has 1 atom stereocenters. The summed E-state index contributed by atoms with van der Waals surface area (Å²) in [6.07, 6.45) is 1.28. The highest BCUT2D eigenvalue weighted by Crippen LogP contribution is 2.10. The normalized spacial score (nSPS) is 20.9. The van der Waals surface area contributed by atoms with E-state index in [4.69, 9.17) is 9.47 Å². The van der Waals surface area contributed by atoms with Crippen LogP contribution in [0.25, 0.3) is 0 Å². The number of nitrogens with one attached hydrogen (secondary N) is 1. The summed E-state index contributed by atoms with van der Waals surface area (Å²) in [5.74, 6) is 0. The lowest BCUT2D eigenvalue weighted by atomic mass is 10.2. The quantitative estimate of drug-likeness (QED) is 0.921. The topological polar surface area (TPSA) is 30.5 Å². The lowest BCUT2D eigenvalue weighted by Gasteiger charge is -2.23. The van der Waals surface area contributed by atoms with Crippen molar-refractivity contribution in [3.8, 4) is 0 Å². The van der Waals surface area contributed by atoms with Crippen molar-refractivity contribution < 1.29 is 9.47 Å². The van der Waals surface area contributed by atoms with E-state index in [-0.39, 0.29) is 0 Å². The fourth-order valence-electron chi connectivity index (χ4n) is 1.64. The molecule has 1 aromatic rings. The van der Waals surface area contributed by atoms with Crippen LogP contribution >= 0.6 is 15.9 Å². The average molecular weight is 286 g/mol. The van der Waals surface area contributed by atoms with Gasteiger partial charge in [-0.1, -0.05) is 28.1 Å². The Bertz CT molecular complexity index is 309. The van der Waals surface area contributed by atoms with Crippen molar-refractivity contribution >= 4 is 15.9 Å². The van der Waals surface area contributed by atoms with Gasteiger partial charge in [-0.3, -0.25) is 0 Å². The van der Waals surface area contributed by atoms with Crippen LogP contribution in [0.4, 0.5) is 0 Å². The minimum absolute atomic E-state index is 0.296. The molecule has 1 aromatic carbocycles. The van der Waals surface area contributed by atoms with E-state index in [9.17, 15) is 0 Å². The van der Waals surface area contributed by atoms with Crippen molar-refractivity contribution in [3.05, 3.63) is 34.3 Å². The van der Waals surface area contributed by atoms with E-state index in [1.807, 2.05) is 0 Å². The molecule has 0 amide bonds. The molecule has 0 bridgehead atoms. The highest BCUT2D eigenvalue weighted by Gasteiger charge is 2.12. The minimum atomic E-state index is 0.296. The van der Waals surface area contributed by atoms with Gasteiger partial charge in [0.25, 0.3) is 0 Å². The molecule has 0 saturated carbocycles. The summed E-state index contributed by atoms with van der Waals surface area (Å²) < 4.78 is 11.7. The molecule has 0 aliphatic carbocycles. The largest absolute Gasteiger partial charge is 0.355 e. The summed E-state index contributed by atoms with van der Waals surface area (Å²) in [5.41, 5.74) is 1.29. The fraction of sp³-hybridized carbons (Fsp3) is 0.500. The second-order valence-electron chi connectivity index (χ2n) is 3.86. The maximum absolute atomic E-state index is 5.44. The summed E-state index contributed by atoms with van der Waals surface area (Å²) in [6, 6.07) is 8.34. The summed E-state index contributed by atoms with van der Waals surface area (Å²) in [7, 11) is 0. The molecule has 1 aliphatic rings. The predicted octanol–water partition coefficient (Wildman–Crippen LogP) is 2.30. The van der Waals surface area contributed by atoms with Gasteiger partial charge >= 0.3 is 0 Å². The van der Waals surface area contributed by atoms with Gasteiger partial charge in [-0.15, -0.1) is 0 Å². The summed E-state index contributed by atoms with van der Waals surface area (Å²) in [4.78, 5) is 0. The number of hydrogen-bond donors (Lipinski definition) is 1. The van der Waals surface area contributed by atoms with Crippen LogP contribution in [0.5, 0.6) is 0 Å². The van der Waals surface area contributed by atoms with E-state index in [1.165, 1.54) is 5.56 Å². The van der Waals surface area contributed by atoms with Gasteiger partial charge in [0.1, 0.15) is 6.79 Å². The SMILES string of the molecule is Brc1ccc(CNCC2CCOCO2)cc1. The van der Waals surface area contributed by atoms with Crippen molar-refractivity contribution in [2.24, 2.45) is 0 Å². The van der Waals surface area contributed by atoms with Gasteiger partial charge in [-0.05, 0) is 24.1 Å². The van der Waals surface area contributed by atoms with Crippen LogP contribution in [0, 0.1) is 0 Å². The molecule has 88 valence electrons. The Kier molecular flexibility index (Phi) is 4.78. The highest BCUT2D eigenvalue weighted by atomic mass is 79.9. The monoisotopic (exact) mass is 285 g/mol. The zero-order chi connectivity index (χ0) is 11.2. The fourth-order valence-corrected chi connectivity index (χ4v) is 1.91. The Balaban J connectivity index is 1.69. The zero-order valence-corrected chi connectivity index (χ0v) is 10.7. The van der Waals surface area contributed by atoms with Gasteiger partial charge < -0.3 is 14.8 Å². The van der Waals surface area contributed by atoms with Gasteiger partial charge in [0.15, 0.2) is 0 Å². The van der Waals surface area contributed by atoms with Gasteiger partial charge in [-0.25, -0.2) is 0 Å². The Morgan fingerprint density at radius 2 is 2.12 bits per heavy atom. The van der Waals surface area contributed by atoms with Crippen LogP contribution in [0.3, 0.4) is 0 Å². The molecule has 4 heteroatoms. The van der Waals surface area contributed by atoms with E-state index >= 15 is 0 Å². The predicted molar refractivity (Wildman–Crippen MR) is 66.2 cm³/mol. The van der Waals surface area contributed by atoms with Crippen molar-refractivity contribution in [2.75, 3.05) is 19.9 Å². The van der Waals surface area contributed by atoms with Crippen molar-refractivity contribution in [3.63, 3.8) is 0 Å². The molecule has 0 spiro atoms. The Labute approximate surface area is 104 Å². The molecule has 1 saturated heterocycles. The first kappa shape index (κ1) is 12.0. The minimum Gasteiger partial charge on any atom is -0.355 e. The van der Waals surface area contributed by atoms with E-state index < -0.39 is 0 Å². The third-order valence-corrected chi connectivity index (χ3v) is 3.11.